The molecule has 1 aromatic heterocycles. The molecule has 0 N–H and O–H groups in total. The van der Waals surface area contributed by atoms with Gasteiger partial charge in [-0.3, -0.25) is 9.59 Å². The van der Waals surface area contributed by atoms with E-state index < -0.39 is 23.3 Å². The Labute approximate surface area is 217 Å². The van der Waals surface area contributed by atoms with E-state index in [1.54, 1.807) is 43.3 Å². The van der Waals surface area contributed by atoms with Gasteiger partial charge in [-0.15, -0.1) is 0 Å². The quantitative estimate of drug-likeness (QED) is 0.159. The summed E-state index contributed by atoms with van der Waals surface area (Å²) in [4.78, 5) is 29.3. The van der Waals surface area contributed by atoms with Gasteiger partial charge in [-0.05, 0) is 64.8 Å². The molecule has 0 atom stereocenters. The molecule has 0 saturated carbocycles. The number of aromatic nitrogens is 2. The van der Waals surface area contributed by atoms with Gasteiger partial charge in [-0.1, -0.05) is 24.3 Å². The maximum atomic E-state index is 13.4. The number of rotatable bonds is 6. The molecule has 0 saturated heterocycles. The third kappa shape index (κ3) is 5.72. The molecule has 0 bridgehead atoms. The highest BCUT2D eigenvalue weighted by molar-refractivity contribution is 9.10. The number of fused-ring (bicyclic) bond motifs is 1. The lowest BCUT2D eigenvalue weighted by atomic mass is 10.1. The molecular formula is C26H19BrF3N3O4. The molecule has 1 heterocycles. The molecule has 11 heteroatoms. The molecule has 190 valence electrons. The van der Waals surface area contributed by atoms with Gasteiger partial charge in [-0.25, -0.2) is 4.98 Å². The summed E-state index contributed by atoms with van der Waals surface area (Å²) in [5, 5.41) is 4.53. The standard InChI is InChI=1S/C26H19BrF3N3O4/c1-3-36-22-12-16(11-20(27)23(22)37-15(2)34)14-31-33-24(17-7-6-8-18(13-17)26(28,29)30)32-21-10-5-4-9-19(21)25(33)35/h4-14H,3H2,1-2H3. The van der Waals surface area contributed by atoms with Crippen molar-refractivity contribution in [3.05, 3.63) is 86.6 Å². The van der Waals surface area contributed by atoms with E-state index in [1.165, 1.54) is 25.3 Å². The number of nitrogens with zero attached hydrogens (tertiary/aromatic N) is 3. The summed E-state index contributed by atoms with van der Waals surface area (Å²) >= 11 is 3.34. The van der Waals surface area contributed by atoms with Gasteiger partial charge in [0, 0.05) is 12.5 Å². The highest BCUT2D eigenvalue weighted by Gasteiger charge is 2.31. The topological polar surface area (TPSA) is 82.8 Å². The van der Waals surface area contributed by atoms with Gasteiger partial charge in [0.1, 0.15) is 0 Å². The smallest absolute Gasteiger partial charge is 0.416 e. The Hall–Kier alpha value is -3.99. The summed E-state index contributed by atoms with van der Waals surface area (Å²) in [5.41, 5.74) is -0.597. The fourth-order valence-corrected chi connectivity index (χ4v) is 4.09. The first-order valence-electron chi connectivity index (χ1n) is 11.0. The Morgan fingerprint density at radius 2 is 1.89 bits per heavy atom. The van der Waals surface area contributed by atoms with Crippen molar-refractivity contribution in [3.8, 4) is 22.9 Å². The number of benzene rings is 3. The van der Waals surface area contributed by atoms with Crippen LogP contribution < -0.4 is 15.0 Å². The van der Waals surface area contributed by atoms with Crippen LogP contribution in [0.25, 0.3) is 22.3 Å². The van der Waals surface area contributed by atoms with Crippen molar-refractivity contribution < 1.29 is 27.4 Å². The van der Waals surface area contributed by atoms with Crippen LogP contribution in [-0.2, 0) is 11.0 Å². The van der Waals surface area contributed by atoms with Crippen LogP contribution in [0.3, 0.4) is 0 Å². The number of carbonyl (C=O) groups excluding carboxylic acids is 1. The number of esters is 1. The van der Waals surface area contributed by atoms with Gasteiger partial charge in [-0.2, -0.15) is 22.9 Å². The number of alkyl halides is 3. The van der Waals surface area contributed by atoms with Gasteiger partial charge >= 0.3 is 12.1 Å². The van der Waals surface area contributed by atoms with Crippen LogP contribution >= 0.6 is 15.9 Å². The highest BCUT2D eigenvalue weighted by Crippen LogP contribution is 2.37. The van der Waals surface area contributed by atoms with Crippen LogP contribution in [-0.4, -0.2) is 28.5 Å². The summed E-state index contributed by atoms with van der Waals surface area (Å²) in [6.45, 7) is 3.30. The maximum absolute atomic E-state index is 13.4. The number of para-hydroxylation sites is 1. The minimum Gasteiger partial charge on any atom is -0.490 e. The predicted octanol–water partition coefficient (Wildman–Crippen LogP) is 6.05. The first-order valence-corrected chi connectivity index (χ1v) is 11.8. The summed E-state index contributed by atoms with van der Waals surface area (Å²) in [6.07, 6.45) is -3.24. The van der Waals surface area contributed by atoms with Crippen molar-refractivity contribution in [1.29, 1.82) is 0 Å². The van der Waals surface area contributed by atoms with E-state index >= 15 is 0 Å². The summed E-state index contributed by atoms with van der Waals surface area (Å²) in [5.74, 6) is -0.162. The van der Waals surface area contributed by atoms with E-state index in [9.17, 15) is 22.8 Å². The van der Waals surface area contributed by atoms with Crippen molar-refractivity contribution in [2.75, 3.05) is 6.61 Å². The van der Waals surface area contributed by atoms with Crippen molar-refractivity contribution in [2.24, 2.45) is 5.10 Å². The van der Waals surface area contributed by atoms with Crippen molar-refractivity contribution >= 4 is 39.0 Å². The van der Waals surface area contributed by atoms with Crippen molar-refractivity contribution in [1.82, 2.24) is 9.66 Å². The molecule has 0 aliphatic rings. The Balaban J connectivity index is 1.89. The van der Waals surface area contributed by atoms with Crippen LogP contribution in [0.5, 0.6) is 11.5 Å². The van der Waals surface area contributed by atoms with Gasteiger partial charge < -0.3 is 9.47 Å². The molecule has 4 rings (SSSR count). The second-order valence-electron chi connectivity index (χ2n) is 7.75. The van der Waals surface area contributed by atoms with Crippen molar-refractivity contribution in [3.63, 3.8) is 0 Å². The molecule has 4 aromatic rings. The Bertz CT molecular complexity index is 1580. The average Bonchev–Trinajstić information content (AvgIpc) is 2.85. The average molecular weight is 574 g/mol. The molecule has 0 radical (unpaired) electrons. The lowest BCUT2D eigenvalue weighted by molar-refractivity contribution is -0.137. The van der Waals surface area contributed by atoms with Crippen LogP contribution in [0.4, 0.5) is 13.2 Å². The predicted molar refractivity (Wildman–Crippen MR) is 136 cm³/mol. The minimum atomic E-state index is -4.58. The molecular weight excluding hydrogens is 555 g/mol. The largest absolute Gasteiger partial charge is 0.490 e. The zero-order chi connectivity index (χ0) is 26.7. The lowest BCUT2D eigenvalue weighted by Crippen LogP contribution is -2.20. The molecule has 7 nitrogen and oxygen atoms in total. The van der Waals surface area contributed by atoms with E-state index in [4.69, 9.17) is 9.47 Å². The van der Waals surface area contributed by atoms with Gasteiger partial charge in [0.15, 0.2) is 17.3 Å². The highest BCUT2D eigenvalue weighted by atomic mass is 79.9. The second kappa shape index (κ2) is 10.6. The Morgan fingerprint density at radius 3 is 2.59 bits per heavy atom. The third-order valence-electron chi connectivity index (χ3n) is 5.10. The molecule has 0 fully saturated rings. The van der Waals surface area contributed by atoms with E-state index in [0.29, 0.717) is 15.6 Å². The number of carbonyl (C=O) groups is 1. The van der Waals surface area contributed by atoms with Gasteiger partial charge in [0.05, 0.1) is 33.8 Å². The number of ether oxygens (including phenoxy) is 2. The Kier molecular flexibility index (Phi) is 7.44. The number of hydrogen-bond acceptors (Lipinski definition) is 6. The minimum absolute atomic E-state index is 0.0633. The molecule has 3 aromatic carbocycles. The third-order valence-corrected chi connectivity index (χ3v) is 5.69. The Morgan fingerprint density at radius 1 is 1.14 bits per heavy atom. The second-order valence-corrected chi connectivity index (χ2v) is 8.60. The fraction of sp³-hybridized carbons (Fsp3) is 0.154. The number of hydrogen-bond donors (Lipinski definition) is 0. The molecule has 0 spiro atoms. The van der Waals surface area contributed by atoms with Gasteiger partial charge in [0.25, 0.3) is 5.56 Å². The summed E-state index contributed by atoms with van der Waals surface area (Å²) in [7, 11) is 0. The van der Waals surface area contributed by atoms with E-state index in [1.807, 2.05) is 0 Å². The van der Waals surface area contributed by atoms with Gasteiger partial charge in [0.2, 0.25) is 0 Å². The van der Waals surface area contributed by atoms with E-state index in [0.717, 1.165) is 16.8 Å². The summed E-state index contributed by atoms with van der Waals surface area (Å²) < 4.78 is 52.3. The van der Waals surface area contributed by atoms with E-state index in [2.05, 4.69) is 26.0 Å². The lowest BCUT2D eigenvalue weighted by Gasteiger charge is -2.13. The molecule has 0 aliphatic heterocycles. The summed E-state index contributed by atoms with van der Waals surface area (Å²) in [6, 6.07) is 14.2. The molecule has 0 amide bonds. The maximum Gasteiger partial charge on any atom is 0.416 e. The zero-order valence-corrected chi connectivity index (χ0v) is 21.1. The number of halogens is 4. The van der Waals surface area contributed by atoms with Crippen LogP contribution in [0.2, 0.25) is 0 Å². The SMILES string of the molecule is CCOc1cc(C=Nn2c(-c3cccc(C(F)(F)F)c3)nc3ccccc3c2=O)cc(Br)c1OC(C)=O. The fourth-order valence-electron chi connectivity index (χ4n) is 3.54. The first-order chi connectivity index (χ1) is 17.6. The van der Waals surface area contributed by atoms with Crippen LogP contribution in [0, 0.1) is 0 Å². The molecule has 0 unspecified atom stereocenters. The van der Waals surface area contributed by atoms with E-state index in [-0.39, 0.29) is 34.9 Å². The van der Waals surface area contributed by atoms with Crippen LogP contribution in [0.1, 0.15) is 25.0 Å². The normalized spacial score (nSPS) is 11.7. The van der Waals surface area contributed by atoms with Crippen LogP contribution in [0.15, 0.2) is 75.0 Å². The monoisotopic (exact) mass is 573 g/mol. The molecule has 0 aliphatic carbocycles. The first kappa shape index (κ1) is 26.1. The van der Waals surface area contributed by atoms with Crippen molar-refractivity contribution in [2.45, 2.75) is 20.0 Å². The molecule has 37 heavy (non-hydrogen) atoms. The zero-order valence-electron chi connectivity index (χ0n) is 19.5.